The highest BCUT2D eigenvalue weighted by molar-refractivity contribution is 5.75. The Morgan fingerprint density at radius 1 is 1.50 bits per heavy atom. The van der Waals surface area contributed by atoms with Crippen molar-refractivity contribution >= 4 is 6.03 Å². The van der Waals surface area contributed by atoms with Crippen molar-refractivity contribution in [3.63, 3.8) is 0 Å². The topological polar surface area (TPSA) is 56.4 Å². The Labute approximate surface area is 71.7 Å². The molecule has 0 spiro atoms. The van der Waals surface area contributed by atoms with Crippen LogP contribution in [0.1, 0.15) is 20.8 Å². The number of nitrogens with zero attached hydrogens (tertiary/aromatic N) is 1. The van der Waals surface area contributed by atoms with Gasteiger partial charge in [-0.15, -0.1) is 5.53 Å². The second kappa shape index (κ2) is 3.02. The zero-order valence-corrected chi connectivity index (χ0v) is 7.51. The fraction of sp³-hybridized carbons (Fsp3) is 0.571. The first-order chi connectivity index (χ1) is 5.49. The first-order valence-electron chi connectivity index (χ1n) is 3.78. The summed E-state index contributed by atoms with van der Waals surface area (Å²) in [6, 6.07) is -0.177. The highest BCUT2D eigenvalue weighted by atomic mass is 16.2. The summed E-state index contributed by atoms with van der Waals surface area (Å²) in [5.41, 5.74) is 5.10. The van der Waals surface area contributed by atoms with Crippen LogP contribution in [0.2, 0.25) is 0 Å². The molecule has 0 bridgehead atoms. The Hall–Kier alpha value is -1.23. The third kappa shape index (κ3) is 2.43. The summed E-state index contributed by atoms with van der Waals surface area (Å²) in [7, 11) is 0. The number of nitrogens with one attached hydrogen (secondary N) is 3. The molecule has 0 unspecified atom stereocenters. The van der Waals surface area contributed by atoms with Crippen LogP contribution in [0.4, 0.5) is 4.79 Å². The summed E-state index contributed by atoms with van der Waals surface area (Å²) in [5, 5.41) is 4.13. The van der Waals surface area contributed by atoms with Crippen LogP contribution in [0.15, 0.2) is 12.4 Å². The molecule has 0 aromatic carbocycles. The molecule has 12 heavy (non-hydrogen) atoms. The fourth-order valence-electron chi connectivity index (χ4n) is 0.755. The average Bonchev–Trinajstić information content (AvgIpc) is 2.32. The second-order valence-corrected chi connectivity index (χ2v) is 3.62. The first kappa shape index (κ1) is 8.86. The average molecular weight is 170 g/mol. The van der Waals surface area contributed by atoms with E-state index in [-0.39, 0.29) is 11.6 Å². The van der Waals surface area contributed by atoms with E-state index in [1.54, 1.807) is 12.4 Å². The molecule has 0 fully saturated rings. The van der Waals surface area contributed by atoms with Crippen molar-refractivity contribution in [3.8, 4) is 0 Å². The van der Waals surface area contributed by atoms with Crippen molar-refractivity contribution in [2.45, 2.75) is 26.3 Å². The number of carbonyl (C=O) groups excluding carboxylic acids is 1. The molecule has 0 atom stereocenters. The van der Waals surface area contributed by atoms with E-state index >= 15 is 0 Å². The Morgan fingerprint density at radius 2 is 2.17 bits per heavy atom. The van der Waals surface area contributed by atoms with Gasteiger partial charge < -0.3 is 10.7 Å². The van der Waals surface area contributed by atoms with E-state index in [0.29, 0.717) is 0 Å². The number of urea groups is 1. The number of hydrogen-bond acceptors (Lipinski definition) is 3. The number of hydrazine groups is 2. The highest BCUT2D eigenvalue weighted by Gasteiger charge is 2.19. The van der Waals surface area contributed by atoms with Crippen LogP contribution in [0.25, 0.3) is 0 Å². The molecular formula is C7H14N4O. The molecule has 1 aliphatic heterocycles. The van der Waals surface area contributed by atoms with Crippen LogP contribution in [-0.4, -0.2) is 16.6 Å². The molecule has 0 saturated heterocycles. The highest BCUT2D eigenvalue weighted by Crippen LogP contribution is 2.00. The van der Waals surface area contributed by atoms with Crippen molar-refractivity contribution < 1.29 is 4.79 Å². The minimum atomic E-state index is -0.213. The van der Waals surface area contributed by atoms with Crippen LogP contribution >= 0.6 is 0 Å². The van der Waals surface area contributed by atoms with Gasteiger partial charge in [-0.1, -0.05) is 0 Å². The number of carbonyl (C=O) groups is 1. The molecule has 0 aromatic rings. The van der Waals surface area contributed by atoms with Gasteiger partial charge in [-0.05, 0) is 20.8 Å². The van der Waals surface area contributed by atoms with Crippen molar-refractivity contribution in [1.82, 2.24) is 21.3 Å². The molecule has 0 radical (unpaired) electrons. The number of rotatable bonds is 0. The first-order valence-corrected chi connectivity index (χ1v) is 3.78. The molecule has 0 saturated carbocycles. The number of hydrogen-bond donors (Lipinski definition) is 3. The molecule has 3 N–H and O–H groups in total. The second-order valence-electron chi connectivity index (χ2n) is 3.62. The summed E-state index contributed by atoms with van der Waals surface area (Å²) >= 11 is 0. The smallest absolute Gasteiger partial charge is 0.332 e. The quantitative estimate of drug-likeness (QED) is 0.490. The predicted octanol–water partition coefficient (Wildman–Crippen LogP) is 0.291. The van der Waals surface area contributed by atoms with E-state index in [1.807, 2.05) is 20.8 Å². The molecule has 5 nitrogen and oxygen atoms in total. The summed E-state index contributed by atoms with van der Waals surface area (Å²) in [6.45, 7) is 5.79. The SMILES string of the molecule is CC(C)(C)NC(=O)N1C=CNN1. The van der Waals surface area contributed by atoms with Gasteiger partial charge in [0, 0.05) is 17.9 Å². The zero-order chi connectivity index (χ0) is 9.19. The molecule has 1 aliphatic rings. The molecule has 0 aliphatic carbocycles. The summed E-state index contributed by atoms with van der Waals surface area (Å²) in [4.78, 5) is 11.3. The summed E-state index contributed by atoms with van der Waals surface area (Å²) < 4.78 is 0. The molecule has 68 valence electrons. The minimum absolute atomic E-state index is 0.177. The van der Waals surface area contributed by atoms with E-state index in [2.05, 4.69) is 16.3 Å². The monoisotopic (exact) mass is 170 g/mol. The lowest BCUT2D eigenvalue weighted by Gasteiger charge is -2.23. The Bertz CT molecular complexity index is 206. The van der Waals surface area contributed by atoms with Crippen LogP contribution in [-0.2, 0) is 0 Å². The van der Waals surface area contributed by atoms with Crippen molar-refractivity contribution in [2.24, 2.45) is 0 Å². The van der Waals surface area contributed by atoms with E-state index in [0.717, 1.165) is 0 Å². The van der Waals surface area contributed by atoms with Gasteiger partial charge in [0.25, 0.3) is 0 Å². The molecular weight excluding hydrogens is 156 g/mol. The largest absolute Gasteiger partial charge is 0.337 e. The van der Waals surface area contributed by atoms with Gasteiger partial charge in [-0.25, -0.2) is 9.80 Å². The molecule has 1 heterocycles. The molecule has 5 heteroatoms. The van der Waals surface area contributed by atoms with Gasteiger partial charge in [-0.3, -0.25) is 0 Å². The van der Waals surface area contributed by atoms with Gasteiger partial charge >= 0.3 is 6.03 Å². The molecule has 0 aromatic heterocycles. The Balaban J connectivity index is 2.43. The standard InChI is InChI=1S/C7H14N4O/c1-7(2,3)9-6(12)11-5-4-8-10-11/h4-5,8,10H,1-3H3,(H,9,12). The lowest BCUT2D eigenvalue weighted by atomic mass is 10.1. The third-order valence-electron chi connectivity index (χ3n) is 1.19. The Kier molecular flexibility index (Phi) is 2.23. The fourth-order valence-corrected chi connectivity index (χ4v) is 0.755. The van der Waals surface area contributed by atoms with Gasteiger partial charge in [-0.2, -0.15) is 0 Å². The maximum absolute atomic E-state index is 11.3. The van der Waals surface area contributed by atoms with Crippen molar-refractivity contribution in [2.75, 3.05) is 0 Å². The minimum Gasteiger partial charge on any atom is -0.332 e. The third-order valence-corrected chi connectivity index (χ3v) is 1.19. The lowest BCUT2D eigenvalue weighted by Crippen LogP contribution is -2.51. The normalized spacial score (nSPS) is 16.1. The van der Waals surface area contributed by atoms with Gasteiger partial charge in [0.1, 0.15) is 0 Å². The molecule has 2 amide bonds. The maximum atomic E-state index is 11.3. The van der Waals surface area contributed by atoms with Crippen molar-refractivity contribution in [1.29, 1.82) is 0 Å². The van der Waals surface area contributed by atoms with Gasteiger partial charge in [0.15, 0.2) is 0 Å². The lowest BCUT2D eigenvalue weighted by molar-refractivity contribution is 0.188. The van der Waals surface area contributed by atoms with Crippen LogP contribution < -0.4 is 16.3 Å². The Morgan fingerprint density at radius 3 is 2.58 bits per heavy atom. The summed E-state index contributed by atoms with van der Waals surface area (Å²) in [6.07, 6.45) is 3.25. The van der Waals surface area contributed by atoms with E-state index in [9.17, 15) is 4.79 Å². The van der Waals surface area contributed by atoms with Crippen LogP contribution in [0.5, 0.6) is 0 Å². The predicted molar refractivity (Wildman–Crippen MR) is 45.5 cm³/mol. The van der Waals surface area contributed by atoms with E-state index in [4.69, 9.17) is 0 Å². The van der Waals surface area contributed by atoms with Crippen molar-refractivity contribution in [3.05, 3.63) is 12.4 Å². The van der Waals surface area contributed by atoms with E-state index in [1.165, 1.54) is 5.01 Å². The zero-order valence-electron chi connectivity index (χ0n) is 7.51. The van der Waals surface area contributed by atoms with Crippen LogP contribution in [0, 0.1) is 0 Å². The van der Waals surface area contributed by atoms with Gasteiger partial charge in [0.2, 0.25) is 0 Å². The van der Waals surface area contributed by atoms with Crippen LogP contribution in [0.3, 0.4) is 0 Å². The molecule has 1 rings (SSSR count). The van der Waals surface area contributed by atoms with Gasteiger partial charge in [0.05, 0.1) is 0 Å². The van der Waals surface area contributed by atoms with E-state index < -0.39 is 0 Å². The maximum Gasteiger partial charge on any atom is 0.337 e. The number of amides is 2. The summed E-state index contributed by atoms with van der Waals surface area (Å²) in [5.74, 6) is 0.